The number of urea groups is 1. The van der Waals surface area contributed by atoms with E-state index < -0.39 is 0 Å². The van der Waals surface area contributed by atoms with Gasteiger partial charge < -0.3 is 15.4 Å². The average molecular weight is 306 g/mol. The molecule has 2 heterocycles. The molecule has 1 aromatic rings. The number of amides is 2. The predicted molar refractivity (Wildman–Crippen MR) is 83.6 cm³/mol. The van der Waals surface area contributed by atoms with Crippen molar-refractivity contribution in [2.24, 2.45) is 7.05 Å². The molecule has 2 unspecified atom stereocenters. The van der Waals surface area contributed by atoms with Gasteiger partial charge in [-0.05, 0) is 43.6 Å². The van der Waals surface area contributed by atoms with Crippen LogP contribution in [-0.4, -0.2) is 34.6 Å². The average Bonchev–Trinajstić information content (AvgIpc) is 3.29. The number of ether oxygens (including phenoxy) is 1. The fraction of sp³-hybridized carbons (Fsp3) is 0.750. The van der Waals surface area contributed by atoms with E-state index in [1.807, 2.05) is 17.9 Å². The van der Waals surface area contributed by atoms with Crippen LogP contribution in [-0.2, 0) is 18.3 Å². The minimum absolute atomic E-state index is 0.0929. The number of nitrogens with one attached hydrogen (secondary N) is 2. The molecular formula is C16H26N4O2. The standard InChI is InChI=1S/C16H26N4O2/c1-3-13-8-12(6-7-22-13)19-16(21)17-10-15-14(11-4-5-11)9-18-20(15)2/h9,11-13H,3-8,10H2,1-2H3,(H2,17,19,21). The smallest absolute Gasteiger partial charge is 0.315 e. The first-order valence-corrected chi connectivity index (χ1v) is 8.34. The first-order valence-electron chi connectivity index (χ1n) is 8.34. The maximum absolute atomic E-state index is 12.1. The number of aryl methyl sites for hydroxylation is 1. The number of carbonyl (C=O) groups excluding carboxylic acids is 1. The molecule has 22 heavy (non-hydrogen) atoms. The first kappa shape index (κ1) is 15.3. The van der Waals surface area contributed by atoms with Crippen molar-refractivity contribution in [3.63, 3.8) is 0 Å². The Hall–Kier alpha value is -1.56. The van der Waals surface area contributed by atoms with Gasteiger partial charge in [0.05, 0.1) is 24.5 Å². The van der Waals surface area contributed by atoms with E-state index in [9.17, 15) is 4.79 Å². The van der Waals surface area contributed by atoms with Crippen LogP contribution in [0.1, 0.15) is 56.2 Å². The van der Waals surface area contributed by atoms with Crippen LogP contribution in [0.3, 0.4) is 0 Å². The minimum atomic E-state index is -0.0929. The van der Waals surface area contributed by atoms with Crippen LogP contribution in [0, 0.1) is 0 Å². The molecule has 6 nitrogen and oxygen atoms in total. The lowest BCUT2D eigenvalue weighted by molar-refractivity contribution is 0.00192. The molecule has 122 valence electrons. The molecule has 1 saturated carbocycles. The summed E-state index contributed by atoms with van der Waals surface area (Å²) in [5.41, 5.74) is 2.41. The van der Waals surface area contributed by atoms with Gasteiger partial charge in [-0.2, -0.15) is 5.10 Å². The second kappa shape index (κ2) is 6.69. The first-order chi connectivity index (χ1) is 10.7. The zero-order valence-corrected chi connectivity index (χ0v) is 13.5. The highest BCUT2D eigenvalue weighted by Crippen LogP contribution is 2.41. The Morgan fingerprint density at radius 3 is 3.00 bits per heavy atom. The van der Waals surface area contributed by atoms with Crippen molar-refractivity contribution < 1.29 is 9.53 Å². The third kappa shape index (κ3) is 3.61. The molecule has 1 aromatic heterocycles. The molecule has 0 radical (unpaired) electrons. The lowest BCUT2D eigenvalue weighted by Crippen LogP contribution is -2.46. The normalized spacial score (nSPS) is 25.0. The quantitative estimate of drug-likeness (QED) is 0.875. The van der Waals surface area contributed by atoms with Crippen molar-refractivity contribution in [2.45, 2.75) is 63.6 Å². The van der Waals surface area contributed by atoms with Crippen molar-refractivity contribution in [1.82, 2.24) is 20.4 Å². The van der Waals surface area contributed by atoms with Gasteiger partial charge >= 0.3 is 6.03 Å². The number of nitrogens with zero attached hydrogens (tertiary/aromatic N) is 2. The van der Waals surface area contributed by atoms with Crippen molar-refractivity contribution in [3.8, 4) is 0 Å². The number of hydrogen-bond donors (Lipinski definition) is 2. The summed E-state index contributed by atoms with van der Waals surface area (Å²) in [7, 11) is 1.94. The Labute approximate surface area is 131 Å². The molecule has 2 atom stereocenters. The van der Waals surface area contributed by atoms with Gasteiger partial charge in [0.2, 0.25) is 0 Å². The van der Waals surface area contributed by atoms with E-state index in [1.54, 1.807) is 0 Å². The van der Waals surface area contributed by atoms with Gasteiger partial charge in [-0.1, -0.05) is 6.92 Å². The lowest BCUT2D eigenvalue weighted by atomic mass is 10.0. The molecule has 2 amide bonds. The van der Waals surface area contributed by atoms with Gasteiger partial charge in [0.25, 0.3) is 0 Å². The van der Waals surface area contributed by atoms with Crippen LogP contribution in [0.2, 0.25) is 0 Å². The van der Waals surface area contributed by atoms with E-state index in [1.165, 1.54) is 18.4 Å². The van der Waals surface area contributed by atoms with Gasteiger partial charge in [0.1, 0.15) is 0 Å². The Morgan fingerprint density at radius 1 is 1.45 bits per heavy atom. The number of rotatable bonds is 5. The summed E-state index contributed by atoms with van der Waals surface area (Å²) in [6.45, 7) is 3.39. The summed E-state index contributed by atoms with van der Waals surface area (Å²) in [6, 6.07) is 0.123. The predicted octanol–water partition coefficient (Wildman–Crippen LogP) is 2.05. The molecular weight excluding hydrogens is 280 g/mol. The molecule has 6 heteroatoms. The molecule has 1 aliphatic carbocycles. The van der Waals surface area contributed by atoms with Crippen LogP contribution < -0.4 is 10.6 Å². The van der Waals surface area contributed by atoms with E-state index in [0.717, 1.165) is 31.6 Å². The molecule has 3 rings (SSSR count). The van der Waals surface area contributed by atoms with E-state index in [0.29, 0.717) is 12.5 Å². The minimum Gasteiger partial charge on any atom is -0.378 e. The molecule has 2 fully saturated rings. The van der Waals surface area contributed by atoms with E-state index in [-0.39, 0.29) is 18.2 Å². The number of hydrogen-bond acceptors (Lipinski definition) is 3. The second-order valence-corrected chi connectivity index (χ2v) is 6.39. The Bertz CT molecular complexity index is 524. The van der Waals surface area contributed by atoms with Crippen LogP contribution in [0.4, 0.5) is 4.79 Å². The highest BCUT2D eigenvalue weighted by molar-refractivity contribution is 5.74. The summed E-state index contributed by atoms with van der Waals surface area (Å²) in [4.78, 5) is 12.1. The largest absolute Gasteiger partial charge is 0.378 e. The third-order valence-electron chi connectivity index (χ3n) is 4.69. The Kier molecular flexibility index (Phi) is 4.66. The number of carbonyl (C=O) groups is 1. The number of aromatic nitrogens is 2. The molecule has 0 spiro atoms. The van der Waals surface area contributed by atoms with Crippen LogP contribution in [0.5, 0.6) is 0 Å². The van der Waals surface area contributed by atoms with Crippen molar-refractivity contribution in [1.29, 1.82) is 0 Å². The molecule has 0 aromatic carbocycles. The van der Waals surface area contributed by atoms with Crippen molar-refractivity contribution in [3.05, 3.63) is 17.5 Å². The molecule has 1 saturated heterocycles. The molecule has 2 N–H and O–H groups in total. The fourth-order valence-electron chi connectivity index (χ4n) is 3.13. The highest BCUT2D eigenvalue weighted by Gasteiger charge is 2.28. The maximum atomic E-state index is 12.1. The zero-order chi connectivity index (χ0) is 15.5. The van der Waals surface area contributed by atoms with E-state index >= 15 is 0 Å². The Morgan fingerprint density at radius 2 is 2.27 bits per heavy atom. The van der Waals surface area contributed by atoms with Crippen molar-refractivity contribution in [2.75, 3.05) is 6.61 Å². The van der Waals surface area contributed by atoms with E-state index in [4.69, 9.17) is 4.74 Å². The van der Waals surface area contributed by atoms with Gasteiger partial charge in [-0.3, -0.25) is 4.68 Å². The SMILES string of the molecule is CCC1CC(NC(=O)NCc2c(C3CC3)cnn2C)CCO1. The van der Waals surface area contributed by atoms with Crippen molar-refractivity contribution >= 4 is 6.03 Å². The van der Waals surface area contributed by atoms with Crippen LogP contribution in [0.25, 0.3) is 0 Å². The zero-order valence-electron chi connectivity index (χ0n) is 13.5. The molecule has 1 aliphatic heterocycles. The summed E-state index contributed by atoms with van der Waals surface area (Å²) in [5, 5.41) is 10.4. The Balaban J connectivity index is 1.49. The maximum Gasteiger partial charge on any atom is 0.315 e. The third-order valence-corrected chi connectivity index (χ3v) is 4.69. The monoisotopic (exact) mass is 306 g/mol. The summed E-state index contributed by atoms with van der Waals surface area (Å²) in [6.07, 6.45) is 7.50. The summed E-state index contributed by atoms with van der Waals surface area (Å²) < 4.78 is 7.51. The lowest BCUT2D eigenvalue weighted by Gasteiger charge is -2.29. The second-order valence-electron chi connectivity index (χ2n) is 6.39. The summed E-state index contributed by atoms with van der Waals surface area (Å²) in [5.74, 6) is 0.648. The fourth-order valence-corrected chi connectivity index (χ4v) is 3.13. The van der Waals surface area contributed by atoms with Gasteiger partial charge in [-0.15, -0.1) is 0 Å². The van der Waals surface area contributed by atoms with Gasteiger partial charge in [-0.25, -0.2) is 4.79 Å². The molecule has 2 aliphatic rings. The van der Waals surface area contributed by atoms with Gasteiger partial charge in [0, 0.05) is 19.7 Å². The molecule has 0 bridgehead atoms. The van der Waals surface area contributed by atoms with Crippen LogP contribution in [0.15, 0.2) is 6.20 Å². The topological polar surface area (TPSA) is 68.2 Å². The van der Waals surface area contributed by atoms with Gasteiger partial charge in [0.15, 0.2) is 0 Å². The van der Waals surface area contributed by atoms with Crippen LogP contribution >= 0.6 is 0 Å². The van der Waals surface area contributed by atoms with E-state index in [2.05, 4.69) is 22.7 Å². The highest BCUT2D eigenvalue weighted by atomic mass is 16.5. The summed E-state index contributed by atoms with van der Waals surface area (Å²) >= 11 is 0.